The zero-order valence-corrected chi connectivity index (χ0v) is 18.4. The average molecular weight is 487 g/mol. The van der Waals surface area contributed by atoms with Gasteiger partial charge in [0, 0.05) is 31.5 Å². The van der Waals surface area contributed by atoms with E-state index in [4.69, 9.17) is 13.8 Å². The summed E-state index contributed by atoms with van der Waals surface area (Å²) in [4.78, 5) is 47.0. The van der Waals surface area contributed by atoms with Gasteiger partial charge in [0.1, 0.15) is 0 Å². The van der Waals surface area contributed by atoms with Crippen LogP contribution in [0.3, 0.4) is 0 Å². The van der Waals surface area contributed by atoms with E-state index in [1.165, 1.54) is 53.6 Å². The van der Waals surface area contributed by atoms with E-state index in [9.17, 15) is 33.8 Å². The SMILES string of the molecule is CC(=O)OC1(Cn2ccnc2)P(=O)(O)OCC(=Cc2ccc([N+](=O)[O-])cc2)COP1(=O)O. The summed E-state index contributed by atoms with van der Waals surface area (Å²) in [6.45, 7) is -0.820. The lowest BCUT2D eigenvalue weighted by Gasteiger charge is -2.39. The third-order valence-electron chi connectivity index (χ3n) is 4.46. The molecule has 0 amide bonds. The summed E-state index contributed by atoms with van der Waals surface area (Å²) in [6.07, 6.45) is 5.29. The zero-order valence-electron chi connectivity index (χ0n) is 16.6. The molecule has 1 saturated heterocycles. The Morgan fingerprint density at radius 3 is 2.34 bits per heavy atom. The molecule has 13 nitrogen and oxygen atoms in total. The van der Waals surface area contributed by atoms with Gasteiger partial charge in [-0.1, -0.05) is 6.08 Å². The van der Waals surface area contributed by atoms with Crippen molar-refractivity contribution in [2.75, 3.05) is 13.2 Å². The third-order valence-corrected chi connectivity index (χ3v) is 9.17. The molecule has 1 aromatic carbocycles. The van der Waals surface area contributed by atoms with Crippen LogP contribution in [0.25, 0.3) is 6.08 Å². The average Bonchev–Trinajstić information content (AvgIpc) is 3.21. The van der Waals surface area contributed by atoms with E-state index in [0.717, 1.165) is 6.92 Å². The Kier molecular flexibility index (Phi) is 6.80. The number of hydrogen-bond acceptors (Lipinski definition) is 9. The highest BCUT2D eigenvalue weighted by Crippen LogP contribution is 2.75. The van der Waals surface area contributed by atoms with Gasteiger partial charge in [-0.2, -0.15) is 0 Å². The predicted molar refractivity (Wildman–Crippen MR) is 109 cm³/mol. The maximum absolute atomic E-state index is 13.2. The number of hydrogen-bond donors (Lipinski definition) is 2. The highest BCUT2D eigenvalue weighted by Gasteiger charge is 2.67. The van der Waals surface area contributed by atoms with Crippen molar-refractivity contribution in [1.29, 1.82) is 0 Å². The molecule has 1 aliphatic rings. The summed E-state index contributed by atoms with van der Waals surface area (Å²) >= 11 is 0. The number of nitrogens with zero attached hydrogens (tertiary/aromatic N) is 3. The van der Waals surface area contributed by atoms with E-state index >= 15 is 0 Å². The van der Waals surface area contributed by atoms with Crippen LogP contribution in [0.2, 0.25) is 0 Å². The molecule has 2 aromatic rings. The molecule has 32 heavy (non-hydrogen) atoms. The lowest BCUT2D eigenvalue weighted by molar-refractivity contribution is -0.384. The van der Waals surface area contributed by atoms with E-state index in [0.29, 0.717) is 5.56 Å². The molecule has 0 saturated carbocycles. The largest absolute Gasteiger partial charge is 0.431 e. The fourth-order valence-corrected chi connectivity index (χ4v) is 6.81. The molecule has 2 N–H and O–H groups in total. The summed E-state index contributed by atoms with van der Waals surface area (Å²) in [6, 6.07) is 5.34. The molecule has 1 aliphatic heterocycles. The molecule has 0 spiro atoms. The molecule has 15 heteroatoms. The zero-order chi connectivity index (χ0) is 23.6. The maximum atomic E-state index is 13.2. The number of nitro benzene ring substituents is 1. The van der Waals surface area contributed by atoms with E-state index in [-0.39, 0.29) is 11.3 Å². The number of carbonyl (C=O) groups is 1. The van der Waals surface area contributed by atoms with Gasteiger partial charge in [-0.05, 0) is 23.3 Å². The number of nitro groups is 1. The van der Waals surface area contributed by atoms with Gasteiger partial charge in [-0.15, -0.1) is 0 Å². The molecule has 2 atom stereocenters. The number of aromatic nitrogens is 2. The molecule has 0 aliphatic carbocycles. The molecule has 2 unspecified atom stereocenters. The smallest absolute Gasteiger partial charge is 0.386 e. The van der Waals surface area contributed by atoms with Crippen molar-refractivity contribution >= 4 is 32.9 Å². The molecule has 1 fully saturated rings. The number of imidazole rings is 1. The quantitative estimate of drug-likeness (QED) is 0.274. The summed E-state index contributed by atoms with van der Waals surface area (Å²) < 4.78 is 42.7. The second-order valence-corrected chi connectivity index (χ2v) is 11.2. The van der Waals surface area contributed by atoms with Crippen LogP contribution in [0.4, 0.5) is 5.69 Å². The number of esters is 1. The van der Waals surface area contributed by atoms with Gasteiger partial charge in [0.2, 0.25) is 0 Å². The summed E-state index contributed by atoms with van der Waals surface area (Å²) in [7, 11) is -10.3. The summed E-state index contributed by atoms with van der Waals surface area (Å²) in [5.74, 6) is -1.09. The molecule has 172 valence electrons. The molecule has 1 aromatic heterocycles. The van der Waals surface area contributed by atoms with Gasteiger partial charge in [0.25, 0.3) is 5.69 Å². The van der Waals surface area contributed by atoms with Crippen LogP contribution in [-0.2, 0) is 34.3 Å². The first-order chi connectivity index (χ1) is 15.0. The van der Waals surface area contributed by atoms with Crippen LogP contribution in [-0.4, -0.2) is 48.5 Å². The fourth-order valence-electron chi connectivity index (χ4n) is 2.93. The highest BCUT2D eigenvalue weighted by atomic mass is 31.2. The minimum atomic E-state index is -5.14. The fraction of sp³-hybridized carbons (Fsp3) is 0.294. The van der Waals surface area contributed by atoms with Gasteiger partial charge in [0.15, 0.2) is 0 Å². The van der Waals surface area contributed by atoms with Gasteiger partial charge >= 0.3 is 26.2 Å². The molecular formula is C17H19N3O10P2. The number of carbonyl (C=O) groups excluding carboxylic acids is 1. The van der Waals surface area contributed by atoms with E-state index in [2.05, 4.69) is 4.98 Å². The maximum Gasteiger partial charge on any atom is 0.386 e. The Morgan fingerprint density at radius 1 is 1.28 bits per heavy atom. The van der Waals surface area contributed by atoms with Crippen LogP contribution < -0.4 is 0 Å². The Morgan fingerprint density at radius 2 is 1.88 bits per heavy atom. The second-order valence-electron chi connectivity index (χ2n) is 6.81. The van der Waals surface area contributed by atoms with Crippen LogP contribution in [0.5, 0.6) is 0 Å². The Bertz CT molecular complexity index is 1100. The van der Waals surface area contributed by atoms with Gasteiger partial charge in [-0.3, -0.25) is 24.0 Å². The third kappa shape index (κ3) is 4.88. The number of benzene rings is 1. The van der Waals surface area contributed by atoms with Crippen molar-refractivity contribution in [2.24, 2.45) is 0 Å². The molecular weight excluding hydrogens is 468 g/mol. The minimum Gasteiger partial charge on any atom is -0.431 e. The van der Waals surface area contributed by atoms with Gasteiger partial charge in [0.05, 0.1) is 31.0 Å². The van der Waals surface area contributed by atoms with Crippen molar-refractivity contribution in [3.63, 3.8) is 0 Å². The monoisotopic (exact) mass is 487 g/mol. The molecule has 0 radical (unpaired) electrons. The molecule has 3 rings (SSSR count). The van der Waals surface area contributed by atoms with E-state index in [1.807, 2.05) is 0 Å². The minimum absolute atomic E-state index is 0.136. The topological polar surface area (TPSA) is 180 Å². The lowest BCUT2D eigenvalue weighted by atomic mass is 10.1. The molecule has 2 heterocycles. The highest BCUT2D eigenvalue weighted by molar-refractivity contribution is 7.73. The summed E-state index contributed by atoms with van der Waals surface area (Å²) in [5, 5.41) is 7.85. The number of non-ortho nitro benzene ring substituents is 1. The van der Waals surface area contributed by atoms with E-state index < -0.39 is 50.9 Å². The number of rotatable bonds is 5. The first-order valence-electron chi connectivity index (χ1n) is 9.00. The standard InChI is InChI=1S/C17H19N3O10P2/c1-13(21)30-17(11-19-7-6-18-12-19)31(24,25)28-9-15(10-29-32(17,26)27)8-14-2-4-16(5-3-14)20(22)23/h2-8,12H,9-11H2,1H3,(H,24,25)(H,26,27). The van der Waals surface area contributed by atoms with Crippen molar-refractivity contribution < 1.29 is 42.4 Å². The first kappa shape index (κ1) is 24.0. The Balaban J connectivity index is 1.97. The van der Waals surface area contributed by atoms with Crippen LogP contribution >= 0.6 is 15.2 Å². The van der Waals surface area contributed by atoms with Crippen LogP contribution in [0.15, 0.2) is 48.6 Å². The number of ether oxygens (including phenoxy) is 1. The van der Waals surface area contributed by atoms with Crippen molar-refractivity contribution in [3.8, 4) is 0 Å². The second kappa shape index (κ2) is 9.07. The van der Waals surface area contributed by atoms with Crippen molar-refractivity contribution in [2.45, 2.75) is 18.6 Å². The first-order valence-corrected chi connectivity index (χ1v) is 12.2. The predicted octanol–water partition coefficient (Wildman–Crippen LogP) is 2.51. The van der Waals surface area contributed by atoms with Crippen molar-refractivity contribution in [1.82, 2.24) is 9.55 Å². The Labute approximate surface area is 181 Å². The van der Waals surface area contributed by atoms with Crippen LogP contribution in [0, 0.1) is 10.1 Å². The van der Waals surface area contributed by atoms with E-state index in [1.54, 1.807) is 0 Å². The van der Waals surface area contributed by atoms with Crippen molar-refractivity contribution in [3.05, 3.63) is 64.2 Å². The Hall–Kier alpha value is -2.66. The molecule has 0 bridgehead atoms. The normalized spacial score (nSPS) is 28.4. The van der Waals surface area contributed by atoms with Gasteiger partial charge < -0.3 is 28.1 Å². The lowest BCUT2D eigenvalue weighted by Crippen LogP contribution is -2.41. The van der Waals surface area contributed by atoms with Crippen LogP contribution in [0.1, 0.15) is 12.5 Å². The summed E-state index contributed by atoms with van der Waals surface area (Å²) in [5.41, 5.74) is 0.521. The van der Waals surface area contributed by atoms with Gasteiger partial charge in [-0.25, -0.2) is 4.98 Å².